The summed E-state index contributed by atoms with van der Waals surface area (Å²) >= 11 is 0. The first-order valence-electron chi connectivity index (χ1n) is 6.54. The maximum absolute atomic E-state index is 5.68. The van der Waals surface area contributed by atoms with Crippen LogP contribution in [-0.4, -0.2) is 35.2 Å². The second-order valence-electron chi connectivity index (χ2n) is 4.80. The average Bonchev–Trinajstić information content (AvgIpc) is 2.30. The number of nitrogen functional groups attached to an aromatic ring is 1. The Morgan fingerprint density at radius 2 is 2.11 bits per heavy atom. The Balaban J connectivity index is 2.03. The van der Waals surface area contributed by atoms with E-state index in [1.165, 1.54) is 19.3 Å². The first-order valence-corrected chi connectivity index (χ1v) is 6.54. The normalized spacial score (nSPS) is 15.2. The molecule has 100 valence electrons. The van der Waals surface area contributed by atoms with Gasteiger partial charge >= 0.3 is 6.01 Å². The molecule has 0 aliphatic heterocycles. The van der Waals surface area contributed by atoms with Gasteiger partial charge in [0.1, 0.15) is 0 Å². The number of nitrogens with two attached hydrogens (primary N) is 1. The zero-order chi connectivity index (χ0) is 13.0. The molecular weight excluding hydrogens is 230 g/mol. The second-order valence-corrected chi connectivity index (χ2v) is 4.80. The van der Waals surface area contributed by atoms with Crippen LogP contribution in [0.15, 0.2) is 0 Å². The van der Waals surface area contributed by atoms with E-state index in [-0.39, 0.29) is 5.95 Å². The maximum Gasteiger partial charge on any atom is 0.323 e. The van der Waals surface area contributed by atoms with Crippen molar-refractivity contribution in [2.75, 3.05) is 30.8 Å². The lowest BCUT2D eigenvalue weighted by Crippen LogP contribution is -2.30. The van der Waals surface area contributed by atoms with Crippen LogP contribution in [0.3, 0.4) is 0 Å². The van der Waals surface area contributed by atoms with Crippen LogP contribution in [0.5, 0.6) is 6.01 Å². The van der Waals surface area contributed by atoms with Gasteiger partial charge < -0.3 is 15.4 Å². The molecule has 1 aliphatic rings. The van der Waals surface area contributed by atoms with Crippen LogP contribution in [-0.2, 0) is 0 Å². The van der Waals surface area contributed by atoms with E-state index in [9.17, 15) is 0 Å². The molecule has 2 rings (SSSR count). The summed E-state index contributed by atoms with van der Waals surface area (Å²) in [6.45, 7) is 3.60. The van der Waals surface area contributed by atoms with Crippen molar-refractivity contribution >= 4 is 11.9 Å². The first kappa shape index (κ1) is 12.9. The standard InChI is InChI=1S/C12H21N5O/c1-3-7-18-12-15-10(13)14-11(16-12)17(2)8-9-5-4-6-9/h9H,3-8H2,1-2H3,(H2,13,14,15,16). The molecule has 1 aliphatic carbocycles. The number of nitrogens with zero attached hydrogens (tertiary/aromatic N) is 4. The molecule has 1 fully saturated rings. The minimum atomic E-state index is 0.214. The van der Waals surface area contributed by atoms with Gasteiger partial charge in [-0.1, -0.05) is 13.3 Å². The summed E-state index contributed by atoms with van der Waals surface area (Å²) in [6.07, 6.45) is 4.84. The third-order valence-electron chi connectivity index (χ3n) is 3.15. The molecule has 0 spiro atoms. The number of hydrogen-bond acceptors (Lipinski definition) is 6. The SMILES string of the molecule is CCCOc1nc(N)nc(N(C)CC2CCC2)n1. The summed E-state index contributed by atoms with van der Waals surface area (Å²) < 4.78 is 5.40. The number of rotatable bonds is 6. The molecule has 0 atom stereocenters. The molecule has 0 unspecified atom stereocenters. The van der Waals surface area contributed by atoms with Gasteiger partial charge in [0.25, 0.3) is 0 Å². The fourth-order valence-electron chi connectivity index (χ4n) is 1.93. The summed E-state index contributed by atoms with van der Waals surface area (Å²) in [7, 11) is 1.98. The van der Waals surface area contributed by atoms with Gasteiger partial charge in [0.2, 0.25) is 11.9 Å². The molecule has 6 nitrogen and oxygen atoms in total. The van der Waals surface area contributed by atoms with Crippen molar-refractivity contribution in [3.63, 3.8) is 0 Å². The second kappa shape index (κ2) is 5.84. The van der Waals surface area contributed by atoms with Gasteiger partial charge in [-0.2, -0.15) is 15.0 Å². The Labute approximate surface area is 108 Å². The van der Waals surface area contributed by atoms with Crippen molar-refractivity contribution in [1.29, 1.82) is 0 Å². The van der Waals surface area contributed by atoms with Crippen LogP contribution < -0.4 is 15.4 Å². The van der Waals surface area contributed by atoms with Gasteiger partial charge in [0, 0.05) is 13.6 Å². The molecule has 0 aromatic carbocycles. The smallest absolute Gasteiger partial charge is 0.323 e. The molecule has 1 aromatic heterocycles. The number of aromatic nitrogens is 3. The van der Waals surface area contributed by atoms with Crippen LogP contribution in [0.25, 0.3) is 0 Å². The molecule has 0 amide bonds. The summed E-state index contributed by atoms with van der Waals surface area (Å²) in [4.78, 5) is 14.4. The van der Waals surface area contributed by atoms with Gasteiger partial charge in [-0.05, 0) is 25.2 Å². The van der Waals surface area contributed by atoms with Crippen LogP contribution in [0.1, 0.15) is 32.6 Å². The Hall–Kier alpha value is -1.59. The van der Waals surface area contributed by atoms with Crippen molar-refractivity contribution < 1.29 is 4.74 Å². The summed E-state index contributed by atoms with van der Waals surface area (Å²) in [6, 6.07) is 0.319. The van der Waals surface area contributed by atoms with Gasteiger partial charge in [-0.25, -0.2) is 0 Å². The summed E-state index contributed by atoms with van der Waals surface area (Å²) in [5, 5.41) is 0. The molecular formula is C12H21N5O. The third kappa shape index (κ3) is 3.21. The van der Waals surface area contributed by atoms with E-state index in [4.69, 9.17) is 10.5 Å². The number of ether oxygens (including phenoxy) is 1. The largest absolute Gasteiger partial charge is 0.463 e. The van der Waals surface area contributed by atoms with E-state index in [1.807, 2.05) is 18.9 Å². The van der Waals surface area contributed by atoms with Crippen LogP contribution >= 0.6 is 0 Å². The molecule has 2 N–H and O–H groups in total. The highest BCUT2D eigenvalue weighted by atomic mass is 16.5. The molecule has 1 saturated carbocycles. The molecule has 0 radical (unpaired) electrons. The van der Waals surface area contributed by atoms with E-state index in [0.717, 1.165) is 18.9 Å². The topological polar surface area (TPSA) is 77.2 Å². The molecule has 1 aromatic rings. The van der Waals surface area contributed by atoms with Crippen LogP contribution in [0, 0.1) is 5.92 Å². The molecule has 18 heavy (non-hydrogen) atoms. The maximum atomic E-state index is 5.68. The monoisotopic (exact) mass is 251 g/mol. The van der Waals surface area contributed by atoms with E-state index in [1.54, 1.807) is 0 Å². The Morgan fingerprint density at radius 1 is 1.33 bits per heavy atom. The minimum Gasteiger partial charge on any atom is -0.463 e. The average molecular weight is 251 g/mol. The fourth-order valence-corrected chi connectivity index (χ4v) is 1.93. The van der Waals surface area contributed by atoms with Crippen LogP contribution in [0.2, 0.25) is 0 Å². The van der Waals surface area contributed by atoms with Crippen molar-refractivity contribution in [1.82, 2.24) is 15.0 Å². The fraction of sp³-hybridized carbons (Fsp3) is 0.750. The lowest BCUT2D eigenvalue weighted by Gasteiger charge is -2.30. The van der Waals surface area contributed by atoms with Crippen molar-refractivity contribution in [3.05, 3.63) is 0 Å². The van der Waals surface area contributed by atoms with E-state index in [0.29, 0.717) is 18.6 Å². The van der Waals surface area contributed by atoms with Gasteiger partial charge in [-0.15, -0.1) is 0 Å². The van der Waals surface area contributed by atoms with Gasteiger partial charge in [0.15, 0.2) is 0 Å². The minimum absolute atomic E-state index is 0.214. The van der Waals surface area contributed by atoms with Crippen molar-refractivity contribution in [2.24, 2.45) is 5.92 Å². The zero-order valence-electron chi connectivity index (χ0n) is 11.1. The Kier molecular flexibility index (Phi) is 4.17. The quantitative estimate of drug-likeness (QED) is 0.825. The van der Waals surface area contributed by atoms with Gasteiger partial charge in [0.05, 0.1) is 6.61 Å². The molecule has 6 heteroatoms. The summed E-state index contributed by atoms with van der Waals surface area (Å²) in [5.74, 6) is 1.57. The lowest BCUT2D eigenvalue weighted by molar-refractivity contribution is 0.291. The van der Waals surface area contributed by atoms with E-state index >= 15 is 0 Å². The van der Waals surface area contributed by atoms with E-state index in [2.05, 4.69) is 15.0 Å². The van der Waals surface area contributed by atoms with Gasteiger partial charge in [-0.3, -0.25) is 0 Å². The zero-order valence-corrected chi connectivity index (χ0v) is 11.1. The van der Waals surface area contributed by atoms with Crippen LogP contribution in [0.4, 0.5) is 11.9 Å². The summed E-state index contributed by atoms with van der Waals surface area (Å²) in [5.41, 5.74) is 5.68. The first-order chi connectivity index (χ1) is 8.69. The van der Waals surface area contributed by atoms with E-state index < -0.39 is 0 Å². The number of anilines is 2. The highest BCUT2D eigenvalue weighted by Gasteiger charge is 2.20. The van der Waals surface area contributed by atoms with Crippen molar-refractivity contribution in [3.8, 4) is 6.01 Å². The molecule has 0 saturated heterocycles. The number of hydrogen-bond donors (Lipinski definition) is 1. The Bertz CT molecular complexity index is 394. The lowest BCUT2D eigenvalue weighted by atomic mass is 9.85. The Morgan fingerprint density at radius 3 is 2.72 bits per heavy atom. The predicted octanol–water partition coefficient (Wildman–Crippen LogP) is 1.48. The highest BCUT2D eigenvalue weighted by Crippen LogP contribution is 2.27. The molecule has 1 heterocycles. The third-order valence-corrected chi connectivity index (χ3v) is 3.15. The van der Waals surface area contributed by atoms with Crippen molar-refractivity contribution in [2.45, 2.75) is 32.6 Å². The highest BCUT2D eigenvalue weighted by molar-refractivity contribution is 5.35. The molecule has 0 bridgehead atoms. The predicted molar refractivity (Wildman–Crippen MR) is 70.6 cm³/mol.